The molecule has 2 aromatic carbocycles. The van der Waals surface area contributed by atoms with Crippen LogP contribution in [-0.4, -0.2) is 5.92 Å². The van der Waals surface area contributed by atoms with Crippen molar-refractivity contribution in [1.29, 1.82) is 0 Å². The van der Waals surface area contributed by atoms with Crippen LogP contribution in [0.4, 0.5) is 0 Å². The second-order valence-corrected chi connectivity index (χ2v) is 25.1. The van der Waals surface area contributed by atoms with E-state index in [1.165, 1.54) is 17.5 Å². The van der Waals surface area contributed by atoms with Gasteiger partial charge in [0.05, 0.1) is 0 Å². The summed E-state index contributed by atoms with van der Waals surface area (Å²) in [6, 6.07) is 21.6. The van der Waals surface area contributed by atoms with Crippen LogP contribution in [0.1, 0.15) is 35.9 Å². The molecule has 2 heteroatoms. The third-order valence-corrected chi connectivity index (χ3v) is 30.5. The van der Waals surface area contributed by atoms with E-state index in [0.29, 0.717) is 0 Å². The van der Waals surface area contributed by atoms with Crippen LogP contribution in [0.15, 0.2) is 60.7 Å². The summed E-state index contributed by atoms with van der Waals surface area (Å²) in [7, 11) is 0. The second-order valence-electron chi connectivity index (χ2n) is 7.06. The summed E-state index contributed by atoms with van der Waals surface area (Å²) in [5.41, 5.74) is 6.33. The molecule has 0 bridgehead atoms. The molecule has 2 atom stereocenters. The standard InChI is InChI=1S/2C9H7.C3H7Si.Zr/c2*1-2-5-9-7-3-6-8(9)4-1;1-2-4-3-1;/h2*1-7H;4H,1-3H2;. The fourth-order valence-corrected chi connectivity index (χ4v) is 31.5. The Labute approximate surface area is 147 Å². The van der Waals surface area contributed by atoms with Crippen LogP contribution in [0.2, 0.25) is 12.1 Å². The minimum atomic E-state index is -1.56. The molecule has 1 heterocycles. The first-order valence-electron chi connectivity index (χ1n) is 8.83. The monoisotopic (exact) mass is 391 g/mol. The Hall–Kier alpha value is -0.980. The fourth-order valence-electron chi connectivity index (χ4n) is 4.52. The predicted molar refractivity (Wildman–Crippen MR) is 97.8 cm³/mol. The van der Waals surface area contributed by atoms with Gasteiger partial charge in [0.15, 0.2) is 0 Å². The van der Waals surface area contributed by atoms with E-state index in [-0.39, 0.29) is 0 Å². The van der Waals surface area contributed by atoms with E-state index in [1.807, 2.05) is 0 Å². The quantitative estimate of drug-likeness (QED) is 0.624. The maximum atomic E-state index is 2.60. The molecule has 3 aliphatic rings. The normalized spacial score (nSPS) is 24.3. The second kappa shape index (κ2) is 5.83. The van der Waals surface area contributed by atoms with E-state index in [0.717, 1.165) is 7.25 Å². The molecule has 1 saturated heterocycles. The van der Waals surface area contributed by atoms with E-state index in [4.69, 9.17) is 0 Å². The Morgan fingerprint density at radius 2 is 1.26 bits per heavy atom. The van der Waals surface area contributed by atoms with Gasteiger partial charge < -0.3 is 0 Å². The van der Waals surface area contributed by atoms with Crippen LogP contribution in [0.5, 0.6) is 0 Å². The Morgan fingerprint density at radius 3 is 1.74 bits per heavy atom. The third-order valence-electron chi connectivity index (χ3n) is 5.89. The van der Waals surface area contributed by atoms with Crippen LogP contribution < -0.4 is 0 Å². The van der Waals surface area contributed by atoms with E-state index >= 15 is 0 Å². The number of fused-ring (bicyclic) bond motifs is 2. The summed E-state index contributed by atoms with van der Waals surface area (Å²) in [5.74, 6) is -0.446. The van der Waals surface area contributed by atoms with Crippen molar-refractivity contribution in [3.63, 3.8) is 0 Å². The van der Waals surface area contributed by atoms with Crippen molar-refractivity contribution in [2.24, 2.45) is 0 Å². The zero-order valence-corrected chi connectivity index (χ0v) is 16.9. The van der Waals surface area contributed by atoms with Gasteiger partial charge >= 0.3 is 148 Å². The van der Waals surface area contributed by atoms with Crippen molar-refractivity contribution < 1.29 is 20.9 Å². The third kappa shape index (κ3) is 2.34. The van der Waals surface area contributed by atoms with Crippen molar-refractivity contribution in [2.75, 3.05) is 0 Å². The molecule has 23 heavy (non-hydrogen) atoms. The molecular formula is C21H21SiZr. The summed E-state index contributed by atoms with van der Waals surface area (Å²) in [5, 5.41) is 0. The molecular weight excluding hydrogens is 372 g/mol. The molecule has 2 aromatic rings. The first-order valence-corrected chi connectivity index (χ1v) is 18.1. The molecule has 0 spiro atoms. The van der Waals surface area contributed by atoms with Gasteiger partial charge in [0.1, 0.15) is 0 Å². The van der Waals surface area contributed by atoms with Crippen LogP contribution in [0.25, 0.3) is 12.2 Å². The SMILES string of the molecule is C1=C[CH]([Zr]([CH]2C=Cc3ccccc32)[SiH]2CCC2)c2ccccc21. The Kier molecular flexibility index (Phi) is 3.64. The van der Waals surface area contributed by atoms with Crippen molar-refractivity contribution in [3.8, 4) is 0 Å². The first kappa shape index (κ1) is 14.4. The molecule has 0 aromatic heterocycles. The number of allylic oxidation sites excluding steroid dienone is 2. The van der Waals surface area contributed by atoms with E-state index < -0.39 is 26.8 Å². The van der Waals surface area contributed by atoms with E-state index in [2.05, 4.69) is 72.8 Å². The Balaban J connectivity index is 1.57. The molecule has 5 rings (SSSR count). The molecule has 0 radical (unpaired) electrons. The van der Waals surface area contributed by atoms with Crippen LogP contribution in [-0.2, 0) is 20.9 Å². The van der Waals surface area contributed by atoms with Gasteiger partial charge in [-0.1, -0.05) is 0 Å². The van der Waals surface area contributed by atoms with Gasteiger partial charge in [0.25, 0.3) is 0 Å². The van der Waals surface area contributed by atoms with Gasteiger partial charge in [0.2, 0.25) is 0 Å². The van der Waals surface area contributed by atoms with Gasteiger partial charge in [-0.05, 0) is 0 Å². The fraction of sp³-hybridized carbons (Fsp3) is 0.238. The zero-order chi connectivity index (χ0) is 15.2. The van der Waals surface area contributed by atoms with E-state index in [9.17, 15) is 0 Å². The molecule has 0 N–H and O–H groups in total. The molecule has 113 valence electrons. The van der Waals surface area contributed by atoms with Crippen molar-refractivity contribution in [2.45, 2.75) is 25.8 Å². The summed E-state index contributed by atoms with van der Waals surface area (Å²) < 4.78 is 1.68. The van der Waals surface area contributed by atoms with Gasteiger partial charge in [-0.3, -0.25) is 0 Å². The van der Waals surface area contributed by atoms with Gasteiger partial charge in [-0.25, -0.2) is 0 Å². The van der Waals surface area contributed by atoms with Crippen LogP contribution in [0.3, 0.4) is 0 Å². The van der Waals surface area contributed by atoms with E-state index in [1.54, 1.807) is 23.2 Å². The van der Waals surface area contributed by atoms with Crippen molar-refractivity contribution in [1.82, 2.24) is 0 Å². The summed E-state index contributed by atoms with van der Waals surface area (Å²) >= 11 is -1.56. The zero-order valence-electron chi connectivity index (χ0n) is 13.3. The van der Waals surface area contributed by atoms with Gasteiger partial charge in [0, 0.05) is 0 Å². The number of benzene rings is 2. The number of hydrogen-bond acceptors (Lipinski definition) is 0. The van der Waals surface area contributed by atoms with Crippen molar-refractivity contribution >= 4 is 18.1 Å². The Morgan fingerprint density at radius 1 is 0.739 bits per heavy atom. The molecule has 1 aliphatic heterocycles. The minimum absolute atomic E-state index is 0.446. The van der Waals surface area contributed by atoms with Crippen LogP contribution in [0, 0.1) is 0 Å². The predicted octanol–water partition coefficient (Wildman–Crippen LogP) is 5.27. The molecule has 0 amide bonds. The first-order chi connectivity index (χ1) is 11.4. The summed E-state index contributed by atoms with van der Waals surface area (Å²) in [6.07, 6.45) is 11.5. The van der Waals surface area contributed by atoms with Gasteiger partial charge in [-0.15, -0.1) is 0 Å². The molecule has 2 aliphatic carbocycles. The molecule has 0 nitrogen and oxygen atoms in total. The molecule has 0 saturated carbocycles. The van der Waals surface area contributed by atoms with Crippen molar-refractivity contribution in [3.05, 3.63) is 82.9 Å². The topological polar surface area (TPSA) is 0 Å². The summed E-state index contributed by atoms with van der Waals surface area (Å²) in [4.78, 5) is 0. The average molecular weight is 393 g/mol. The molecule has 1 fully saturated rings. The average Bonchev–Trinajstić information content (AvgIpc) is 3.15. The maximum absolute atomic E-state index is 2.60. The van der Waals surface area contributed by atoms with Crippen LogP contribution >= 0.6 is 0 Å². The molecule has 2 unspecified atom stereocenters. The Bertz CT molecular complexity index is 741. The number of rotatable bonds is 3. The summed E-state index contributed by atoms with van der Waals surface area (Å²) in [6.45, 7) is 0. The van der Waals surface area contributed by atoms with Gasteiger partial charge in [-0.2, -0.15) is 0 Å². The number of hydrogen-bond donors (Lipinski definition) is 0.